The molecule has 1 aromatic carbocycles. The van der Waals surface area contributed by atoms with E-state index in [1.165, 1.54) is 0 Å². The van der Waals surface area contributed by atoms with Crippen LogP contribution in [0.25, 0.3) is 22.6 Å². The molecule has 5 rings (SSSR count). The lowest BCUT2D eigenvalue weighted by Crippen LogP contribution is -2.23. The third-order valence-corrected chi connectivity index (χ3v) is 5.06. The number of nitrogens with zero attached hydrogens (tertiary/aromatic N) is 5. The molecule has 0 aliphatic carbocycles. The third-order valence-electron chi connectivity index (χ3n) is 5.06. The van der Waals surface area contributed by atoms with Gasteiger partial charge in [0.2, 0.25) is 0 Å². The predicted molar refractivity (Wildman–Crippen MR) is 118 cm³/mol. The molecule has 0 aliphatic rings. The van der Waals surface area contributed by atoms with E-state index in [0.29, 0.717) is 17.8 Å². The van der Waals surface area contributed by atoms with Crippen LogP contribution in [-0.4, -0.2) is 30.1 Å². The summed E-state index contributed by atoms with van der Waals surface area (Å²) in [5, 5.41) is 7.66. The van der Waals surface area contributed by atoms with E-state index in [2.05, 4.69) is 15.3 Å². The quantitative estimate of drug-likeness (QED) is 0.480. The number of benzene rings is 1. The average molecular weight is 408 g/mol. The fourth-order valence-electron chi connectivity index (χ4n) is 3.49. The highest BCUT2D eigenvalue weighted by Gasteiger charge is 2.18. The van der Waals surface area contributed by atoms with Crippen molar-refractivity contribution in [2.75, 3.05) is 0 Å². The average Bonchev–Trinajstić information content (AvgIpc) is 3.44. The minimum absolute atomic E-state index is 0.167. The van der Waals surface area contributed by atoms with Crippen LogP contribution in [0.2, 0.25) is 0 Å². The van der Waals surface area contributed by atoms with Crippen molar-refractivity contribution in [1.29, 1.82) is 0 Å². The summed E-state index contributed by atoms with van der Waals surface area (Å²) in [5.74, 6) is -0.167. The van der Waals surface area contributed by atoms with Crippen LogP contribution >= 0.6 is 0 Å². The molecule has 0 spiro atoms. The number of para-hydroxylation sites is 1. The van der Waals surface area contributed by atoms with Gasteiger partial charge in [0, 0.05) is 18.6 Å². The third kappa shape index (κ3) is 3.69. The fourth-order valence-corrected chi connectivity index (χ4v) is 3.49. The summed E-state index contributed by atoms with van der Waals surface area (Å²) < 4.78 is 3.81. The first-order chi connectivity index (χ1) is 15.2. The van der Waals surface area contributed by atoms with Gasteiger partial charge >= 0.3 is 0 Å². The van der Waals surface area contributed by atoms with Gasteiger partial charge in [0.1, 0.15) is 5.69 Å². The van der Waals surface area contributed by atoms with E-state index < -0.39 is 0 Å². The van der Waals surface area contributed by atoms with Crippen LogP contribution in [0, 0.1) is 6.92 Å². The molecule has 31 heavy (non-hydrogen) atoms. The molecule has 0 fully saturated rings. The van der Waals surface area contributed by atoms with E-state index >= 15 is 0 Å². The van der Waals surface area contributed by atoms with Crippen molar-refractivity contribution in [3.8, 4) is 17.1 Å². The number of aryl methyl sites for hydroxylation is 1. The number of pyridine rings is 1. The molecule has 0 aliphatic heterocycles. The monoisotopic (exact) mass is 408 g/mol. The largest absolute Gasteiger partial charge is 0.346 e. The molecule has 152 valence electrons. The highest BCUT2D eigenvalue weighted by Crippen LogP contribution is 2.26. The number of fused-ring (bicyclic) bond motifs is 1. The molecule has 7 nitrogen and oxygen atoms in total. The van der Waals surface area contributed by atoms with E-state index in [1.807, 2.05) is 89.1 Å². The summed E-state index contributed by atoms with van der Waals surface area (Å²) in [6, 6.07) is 19.5. The lowest BCUT2D eigenvalue weighted by atomic mass is 10.2. The summed E-state index contributed by atoms with van der Waals surface area (Å²) in [6.07, 6.45) is 7.22. The van der Waals surface area contributed by atoms with E-state index in [0.717, 1.165) is 28.3 Å². The van der Waals surface area contributed by atoms with Gasteiger partial charge in [-0.2, -0.15) is 5.10 Å². The van der Waals surface area contributed by atoms with Crippen molar-refractivity contribution in [3.05, 3.63) is 102 Å². The Morgan fingerprint density at radius 2 is 1.81 bits per heavy atom. The summed E-state index contributed by atoms with van der Waals surface area (Å²) in [5.41, 5.74) is 5.58. The van der Waals surface area contributed by atoms with E-state index in [1.54, 1.807) is 12.4 Å². The highest BCUT2D eigenvalue weighted by atomic mass is 16.1. The number of hydrogen-bond donors (Lipinski definition) is 1. The number of nitrogens with one attached hydrogen (secondary N) is 1. The van der Waals surface area contributed by atoms with Crippen LogP contribution in [0.5, 0.6) is 0 Å². The zero-order chi connectivity index (χ0) is 21.2. The summed E-state index contributed by atoms with van der Waals surface area (Å²) in [6.45, 7) is 2.19. The van der Waals surface area contributed by atoms with Gasteiger partial charge in [-0.15, -0.1) is 0 Å². The Bertz CT molecular complexity index is 1350. The second-order valence-corrected chi connectivity index (χ2v) is 7.21. The lowest BCUT2D eigenvalue weighted by Gasteiger charge is -2.04. The first kappa shape index (κ1) is 18.7. The van der Waals surface area contributed by atoms with Crippen molar-refractivity contribution >= 4 is 11.4 Å². The van der Waals surface area contributed by atoms with Crippen LogP contribution in [0.3, 0.4) is 0 Å². The Balaban J connectivity index is 1.46. The summed E-state index contributed by atoms with van der Waals surface area (Å²) in [7, 11) is 0. The number of carbonyl (C=O) groups excluding carboxylic acids is 1. The Morgan fingerprint density at radius 1 is 0.968 bits per heavy atom. The van der Waals surface area contributed by atoms with Crippen LogP contribution in [0.4, 0.5) is 0 Å². The van der Waals surface area contributed by atoms with Crippen LogP contribution in [0.15, 0.2) is 85.5 Å². The maximum atomic E-state index is 13.0. The summed E-state index contributed by atoms with van der Waals surface area (Å²) in [4.78, 5) is 21.5. The predicted octanol–water partition coefficient (Wildman–Crippen LogP) is 3.82. The molecule has 0 saturated carbocycles. The molecular weight excluding hydrogens is 388 g/mol. The topological polar surface area (TPSA) is 77.1 Å². The number of hydrogen-bond acceptors (Lipinski definition) is 4. The smallest absolute Gasteiger partial charge is 0.253 e. The first-order valence-electron chi connectivity index (χ1n) is 9.96. The van der Waals surface area contributed by atoms with E-state index in [4.69, 9.17) is 5.10 Å². The molecule has 0 radical (unpaired) electrons. The van der Waals surface area contributed by atoms with Gasteiger partial charge in [-0.3, -0.25) is 14.8 Å². The molecular formula is C24H20N6O. The van der Waals surface area contributed by atoms with Crippen molar-refractivity contribution in [2.24, 2.45) is 0 Å². The molecule has 1 amide bonds. The van der Waals surface area contributed by atoms with Crippen LogP contribution in [-0.2, 0) is 6.54 Å². The summed E-state index contributed by atoms with van der Waals surface area (Å²) >= 11 is 0. The van der Waals surface area contributed by atoms with E-state index in [9.17, 15) is 4.79 Å². The van der Waals surface area contributed by atoms with Crippen molar-refractivity contribution in [1.82, 2.24) is 29.5 Å². The van der Waals surface area contributed by atoms with Gasteiger partial charge in [0.25, 0.3) is 5.91 Å². The van der Waals surface area contributed by atoms with Gasteiger partial charge in [-0.25, -0.2) is 4.68 Å². The SMILES string of the molecule is Cc1cnc(CNC(=O)c2cc(-c3ccn(-c4ccccc4)n3)n3ccccc23)cn1. The first-order valence-corrected chi connectivity index (χ1v) is 9.96. The molecule has 5 aromatic rings. The lowest BCUT2D eigenvalue weighted by molar-refractivity contribution is 0.0952. The minimum Gasteiger partial charge on any atom is -0.346 e. The molecule has 1 N–H and O–H groups in total. The second kappa shape index (κ2) is 7.87. The van der Waals surface area contributed by atoms with E-state index in [-0.39, 0.29) is 5.91 Å². The number of aromatic nitrogens is 5. The molecule has 7 heteroatoms. The minimum atomic E-state index is -0.167. The fraction of sp³-hybridized carbons (Fsp3) is 0.0833. The Morgan fingerprint density at radius 3 is 2.61 bits per heavy atom. The Labute approximate surface area is 179 Å². The van der Waals surface area contributed by atoms with Crippen molar-refractivity contribution in [2.45, 2.75) is 13.5 Å². The van der Waals surface area contributed by atoms with Gasteiger partial charge in [-0.1, -0.05) is 24.3 Å². The zero-order valence-electron chi connectivity index (χ0n) is 16.9. The molecule has 4 aromatic heterocycles. The van der Waals surface area contributed by atoms with Crippen LogP contribution < -0.4 is 5.32 Å². The Kier molecular flexibility index (Phi) is 4.76. The maximum Gasteiger partial charge on any atom is 0.253 e. The van der Waals surface area contributed by atoms with Gasteiger partial charge < -0.3 is 9.72 Å². The Hall–Kier alpha value is -4.26. The molecule has 4 heterocycles. The second-order valence-electron chi connectivity index (χ2n) is 7.21. The molecule has 0 unspecified atom stereocenters. The standard InChI is InChI=1S/C24H20N6O/c1-17-14-26-18(15-25-17)16-27-24(31)20-13-23(29-11-6-5-9-22(20)29)21-10-12-30(28-21)19-7-3-2-4-8-19/h2-15H,16H2,1H3,(H,27,31). The molecule has 0 atom stereocenters. The normalized spacial score (nSPS) is 11.0. The maximum absolute atomic E-state index is 13.0. The number of rotatable bonds is 5. The number of amides is 1. The molecule has 0 bridgehead atoms. The van der Waals surface area contributed by atoms with Gasteiger partial charge in [0.15, 0.2) is 0 Å². The van der Waals surface area contributed by atoms with Crippen molar-refractivity contribution in [3.63, 3.8) is 0 Å². The molecule has 0 saturated heterocycles. The zero-order valence-corrected chi connectivity index (χ0v) is 16.9. The van der Waals surface area contributed by atoms with Gasteiger partial charge in [0.05, 0.1) is 46.6 Å². The van der Waals surface area contributed by atoms with Crippen molar-refractivity contribution < 1.29 is 4.79 Å². The van der Waals surface area contributed by atoms with Crippen LogP contribution in [0.1, 0.15) is 21.7 Å². The highest BCUT2D eigenvalue weighted by molar-refractivity contribution is 6.02. The van der Waals surface area contributed by atoms with Gasteiger partial charge in [-0.05, 0) is 43.3 Å². The number of carbonyl (C=O) groups is 1.